The zero-order valence-electron chi connectivity index (χ0n) is 9.11. The van der Waals surface area contributed by atoms with Crippen LogP contribution >= 0.6 is 11.3 Å². The van der Waals surface area contributed by atoms with Crippen molar-refractivity contribution in [3.8, 4) is 0 Å². The van der Waals surface area contributed by atoms with Crippen molar-refractivity contribution < 1.29 is 22.7 Å². The molecule has 1 aliphatic rings. The minimum absolute atomic E-state index is 0.276. The molecule has 1 aliphatic heterocycles. The highest BCUT2D eigenvalue weighted by Crippen LogP contribution is 2.34. The lowest BCUT2D eigenvalue weighted by atomic mass is 10.3. The van der Waals surface area contributed by atoms with Gasteiger partial charge in [-0.15, -0.1) is 11.3 Å². The number of nitrogens with zero attached hydrogens (tertiary/aromatic N) is 2. The number of hydrogen-bond donors (Lipinski definition) is 1. The molecule has 0 saturated carbocycles. The number of rotatable bonds is 2. The molecule has 0 unspecified atom stereocenters. The van der Waals surface area contributed by atoms with Gasteiger partial charge in [-0.3, -0.25) is 0 Å². The second kappa shape index (κ2) is 4.63. The number of amides is 1. The Bertz CT molecular complexity index is 449. The van der Waals surface area contributed by atoms with Crippen LogP contribution in [0.4, 0.5) is 23.1 Å². The first-order valence-electron chi connectivity index (χ1n) is 5.10. The van der Waals surface area contributed by atoms with Crippen LogP contribution in [0.1, 0.15) is 12.1 Å². The summed E-state index contributed by atoms with van der Waals surface area (Å²) in [5.74, 6) is 0. The van der Waals surface area contributed by atoms with Crippen LogP contribution in [0.5, 0.6) is 0 Å². The molecular formula is C9H10F3N3O2S. The van der Waals surface area contributed by atoms with Crippen LogP contribution in [0, 0.1) is 0 Å². The number of thiazole rings is 1. The number of carbonyl (C=O) groups excluding carboxylic acids is 1. The Morgan fingerprint density at radius 3 is 2.89 bits per heavy atom. The summed E-state index contributed by atoms with van der Waals surface area (Å²) in [5, 5.41) is 1.25. The van der Waals surface area contributed by atoms with E-state index in [0.29, 0.717) is 19.5 Å². The molecule has 18 heavy (non-hydrogen) atoms. The van der Waals surface area contributed by atoms with Gasteiger partial charge in [0.15, 0.2) is 10.8 Å². The van der Waals surface area contributed by atoms with Crippen molar-refractivity contribution in [3.63, 3.8) is 0 Å². The van der Waals surface area contributed by atoms with Crippen molar-refractivity contribution in [1.82, 2.24) is 4.98 Å². The average molecular weight is 281 g/mol. The lowest BCUT2D eigenvalue weighted by Gasteiger charge is -2.14. The molecule has 1 amide bonds. The Balaban J connectivity index is 2.01. The summed E-state index contributed by atoms with van der Waals surface area (Å²) < 4.78 is 41.9. The van der Waals surface area contributed by atoms with Crippen LogP contribution in [0.25, 0.3) is 0 Å². The second-order valence-electron chi connectivity index (χ2n) is 3.81. The topological polar surface area (TPSA) is 68.5 Å². The van der Waals surface area contributed by atoms with Crippen molar-refractivity contribution in [1.29, 1.82) is 0 Å². The zero-order valence-corrected chi connectivity index (χ0v) is 9.92. The summed E-state index contributed by atoms with van der Waals surface area (Å²) >= 11 is 0.918. The molecule has 1 aromatic rings. The average Bonchev–Trinajstić information content (AvgIpc) is 2.81. The highest BCUT2D eigenvalue weighted by atomic mass is 32.1. The van der Waals surface area contributed by atoms with Crippen molar-refractivity contribution in [2.45, 2.75) is 18.7 Å². The fraction of sp³-hybridized carbons (Fsp3) is 0.556. The van der Waals surface area contributed by atoms with Gasteiger partial charge in [-0.2, -0.15) is 13.2 Å². The summed E-state index contributed by atoms with van der Waals surface area (Å²) in [6.07, 6.45) is -5.17. The molecule has 0 aromatic carbocycles. The van der Waals surface area contributed by atoms with E-state index in [4.69, 9.17) is 10.5 Å². The number of halogens is 3. The smallest absolute Gasteiger partial charge is 0.434 e. The summed E-state index contributed by atoms with van der Waals surface area (Å²) in [7, 11) is 0. The first-order valence-corrected chi connectivity index (χ1v) is 5.98. The molecule has 100 valence electrons. The van der Waals surface area contributed by atoms with E-state index in [9.17, 15) is 18.0 Å². The molecule has 2 N–H and O–H groups in total. The van der Waals surface area contributed by atoms with Crippen LogP contribution in [-0.4, -0.2) is 30.3 Å². The van der Waals surface area contributed by atoms with E-state index in [2.05, 4.69) is 4.98 Å². The lowest BCUT2D eigenvalue weighted by molar-refractivity contribution is -0.140. The maximum absolute atomic E-state index is 12.4. The molecule has 2 heterocycles. The van der Waals surface area contributed by atoms with Crippen LogP contribution < -0.4 is 10.6 Å². The number of carbonyl (C=O) groups is 1. The molecule has 2 rings (SSSR count). The highest BCUT2D eigenvalue weighted by molar-refractivity contribution is 7.13. The number of alkyl halides is 3. The van der Waals surface area contributed by atoms with Gasteiger partial charge in [0.25, 0.3) is 0 Å². The maximum Gasteiger partial charge on any atom is 0.434 e. The molecule has 1 fully saturated rings. The largest absolute Gasteiger partial charge is 0.444 e. The summed E-state index contributed by atoms with van der Waals surface area (Å²) in [5.41, 5.74) is 3.98. The van der Waals surface area contributed by atoms with Gasteiger partial charge in [0, 0.05) is 18.3 Å². The van der Waals surface area contributed by atoms with Crippen molar-refractivity contribution >= 4 is 22.6 Å². The number of primary amides is 1. The summed E-state index contributed by atoms with van der Waals surface area (Å²) in [6.45, 7) is 0.802. The number of anilines is 1. The number of aromatic nitrogens is 1. The van der Waals surface area contributed by atoms with Crippen molar-refractivity contribution in [3.05, 3.63) is 11.1 Å². The van der Waals surface area contributed by atoms with E-state index >= 15 is 0 Å². The van der Waals surface area contributed by atoms with Gasteiger partial charge in [-0.05, 0) is 0 Å². The van der Waals surface area contributed by atoms with Crippen LogP contribution in [0.3, 0.4) is 0 Å². The molecule has 0 bridgehead atoms. The Morgan fingerprint density at radius 1 is 1.61 bits per heavy atom. The fourth-order valence-electron chi connectivity index (χ4n) is 1.70. The highest BCUT2D eigenvalue weighted by Gasteiger charge is 2.35. The Labute approximate surface area is 104 Å². The molecule has 5 nitrogen and oxygen atoms in total. The molecule has 1 atom stereocenters. The van der Waals surface area contributed by atoms with Gasteiger partial charge in [0.05, 0.1) is 6.54 Å². The molecular weight excluding hydrogens is 271 g/mol. The Hall–Kier alpha value is -1.51. The van der Waals surface area contributed by atoms with Gasteiger partial charge in [0.2, 0.25) is 0 Å². The number of hydrogen-bond acceptors (Lipinski definition) is 5. The van der Waals surface area contributed by atoms with Crippen LogP contribution in [0.2, 0.25) is 0 Å². The van der Waals surface area contributed by atoms with Gasteiger partial charge < -0.3 is 15.4 Å². The molecule has 0 spiro atoms. The SMILES string of the molecule is NC(=O)O[C@@H]1CCN(c2nc(C(F)(F)F)cs2)C1. The molecule has 1 aromatic heterocycles. The fourth-order valence-corrected chi connectivity index (χ4v) is 2.57. The van der Waals surface area contributed by atoms with E-state index in [1.807, 2.05) is 0 Å². The third-order valence-corrected chi connectivity index (χ3v) is 3.38. The van der Waals surface area contributed by atoms with Gasteiger partial charge in [-0.1, -0.05) is 0 Å². The van der Waals surface area contributed by atoms with Crippen LogP contribution in [-0.2, 0) is 10.9 Å². The minimum Gasteiger partial charge on any atom is -0.444 e. The Kier molecular flexibility index (Phi) is 3.33. The van der Waals surface area contributed by atoms with E-state index in [0.717, 1.165) is 16.7 Å². The quantitative estimate of drug-likeness (QED) is 0.898. The van der Waals surface area contributed by atoms with Crippen molar-refractivity contribution in [2.75, 3.05) is 18.0 Å². The van der Waals surface area contributed by atoms with E-state index in [1.165, 1.54) is 0 Å². The number of ether oxygens (including phenoxy) is 1. The first kappa shape index (κ1) is 12.9. The standard InChI is InChI=1S/C9H10F3N3O2S/c10-9(11,12)6-4-18-8(14-6)15-2-1-5(3-15)17-7(13)16/h4-5H,1-3H2,(H2,13,16)/t5-/m1/s1. The van der Waals surface area contributed by atoms with Gasteiger partial charge >= 0.3 is 12.3 Å². The van der Waals surface area contributed by atoms with Gasteiger partial charge in [-0.25, -0.2) is 9.78 Å². The molecule has 0 aliphatic carbocycles. The predicted octanol–water partition coefficient (Wildman–Crippen LogP) is 1.84. The van der Waals surface area contributed by atoms with E-state index in [1.54, 1.807) is 4.90 Å². The third kappa shape index (κ3) is 2.84. The monoisotopic (exact) mass is 281 g/mol. The van der Waals surface area contributed by atoms with E-state index < -0.39 is 18.0 Å². The number of nitrogens with two attached hydrogens (primary N) is 1. The second-order valence-corrected chi connectivity index (χ2v) is 4.64. The van der Waals surface area contributed by atoms with Gasteiger partial charge in [0.1, 0.15) is 6.10 Å². The third-order valence-electron chi connectivity index (χ3n) is 2.48. The summed E-state index contributed by atoms with van der Waals surface area (Å²) in [4.78, 5) is 15.7. The van der Waals surface area contributed by atoms with Crippen molar-refractivity contribution in [2.24, 2.45) is 5.73 Å². The normalized spacial score (nSPS) is 20.2. The maximum atomic E-state index is 12.4. The lowest BCUT2D eigenvalue weighted by Crippen LogP contribution is -2.27. The molecule has 9 heteroatoms. The Morgan fingerprint density at radius 2 is 2.33 bits per heavy atom. The zero-order chi connectivity index (χ0) is 13.3. The molecule has 1 saturated heterocycles. The summed E-state index contributed by atoms with van der Waals surface area (Å²) in [6, 6.07) is 0. The molecule has 0 radical (unpaired) electrons. The van der Waals surface area contributed by atoms with Crippen LogP contribution in [0.15, 0.2) is 5.38 Å². The first-order chi connectivity index (χ1) is 8.36. The predicted molar refractivity (Wildman–Crippen MR) is 58.4 cm³/mol. The van der Waals surface area contributed by atoms with E-state index in [-0.39, 0.29) is 11.2 Å². The minimum atomic E-state index is -4.43.